The van der Waals surface area contributed by atoms with Crippen LogP contribution in [0.3, 0.4) is 0 Å². The summed E-state index contributed by atoms with van der Waals surface area (Å²) in [6, 6.07) is 2.29. The first-order valence-corrected chi connectivity index (χ1v) is 9.02. The number of hydrogen-bond acceptors (Lipinski definition) is 7. The van der Waals surface area contributed by atoms with Crippen LogP contribution in [0.5, 0.6) is 0 Å². The molecule has 0 saturated heterocycles. The van der Waals surface area contributed by atoms with Crippen molar-refractivity contribution in [1.29, 1.82) is 0 Å². The predicted octanol–water partition coefficient (Wildman–Crippen LogP) is 2.19. The van der Waals surface area contributed by atoms with E-state index in [1.54, 1.807) is 19.1 Å². The molecule has 3 heterocycles. The Morgan fingerprint density at radius 3 is 2.75 bits per heavy atom. The molecule has 0 aromatic carbocycles. The second kappa shape index (κ2) is 8.30. The van der Waals surface area contributed by atoms with E-state index in [1.165, 1.54) is 6.26 Å². The van der Waals surface area contributed by atoms with Crippen molar-refractivity contribution in [3.05, 3.63) is 52.4 Å². The summed E-state index contributed by atoms with van der Waals surface area (Å²) in [5.74, 6) is 0.702. The summed E-state index contributed by atoms with van der Waals surface area (Å²) in [6.45, 7) is 6.56. The molecule has 0 fully saturated rings. The lowest BCUT2D eigenvalue weighted by atomic mass is 9.99. The number of carbonyl (C=O) groups is 2. The maximum Gasteiger partial charge on any atom is 0.338 e. The minimum atomic E-state index is -0.717. The standard InChI is InChI=1S/C19H24N4O5/c1-5-26-18(24)16-14(10-23(4)9-13-11(2)22-28-12(13)3)20-19(25)21-17(16)15-7-6-8-27-15/h6-8,17H,5,9-10H2,1-4H3,(H2,20,21,25). The molecule has 1 unspecified atom stereocenters. The van der Waals surface area contributed by atoms with Crippen LogP contribution >= 0.6 is 0 Å². The summed E-state index contributed by atoms with van der Waals surface area (Å²) in [5.41, 5.74) is 2.58. The van der Waals surface area contributed by atoms with Crippen LogP contribution in [-0.4, -0.2) is 42.3 Å². The van der Waals surface area contributed by atoms with Gasteiger partial charge in [0.25, 0.3) is 0 Å². The highest BCUT2D eigenvalue weighted by Crippen LogP contribution is 2.28. The molecule has 9 nitrogen and oxygen atoms in total. The number of carbonyl (C=O) groups excluding carboxylic acids is 2. The van der Waals surface area contributed by atoms with E-state index in [0.717, 1.165) is 17.0 Å². The predicted molar refractivity (Wildman–Crippen MR) is 99.1 cm³/mol. The number of hydrogen-bond donors (Lipinski definition) is 2. The van der Waals surface area contributed by atoms with E-state index in [2.05, 4.69) is 15.8 Å². The van der Waals surface area contributed by atoms with Crippen molar-refractivity contribution in [1.82, 2.24) is 20.7 Å². The number of esters is 1. The molecule has 0 saturated carbocycles. The number of furan rings is 1. The van der Waals surface area contributed by atoms with Crippen molar-refractivity contribution in [2.75, 3.05) is 20.2 Å². The number of rotatable bonds is 7. The Balaban J connectivity index is 1.91. The fourth-order valence-corrected chi connectivity index (χ4v) is 3.18. The topological polar surface area (TPSA) is 110 Å². The third kappa shape index (κ3) is 4.09. The molecule has 1 aliphatic heterocycles. The van der Waals surface area contributed by atoms with Gasteiger partial charge in [-0.15, -0.1) is 0 Å². The number of nitrogens with one attached hydrogen (secondary N) is 2. The summed E-state index contributed by atoms with van der Waals surface area (Å²) in [5, 5.41) is 9.43. The Labute approximate surface area is 162 Å². The summed E-state index contributed by atoms with van der Waals surface area (Å²) in [6.07, 6.45) is 1.50. The first-order chi connectivity index (χ1) is 13.4. The van der Waals surface area contributed by atoms with E-state index < -0.39 is 18.0 Å². The molecule has 28 heavy (non-hydrogen) atoms. The smallest absolute Gasteiger partial charge is 0.338 e. The lowest BCUT2D eigenvalue weighted by molar-refractivity contribution is -0.139. The average molecular weight is 388 g/mol. The fraction of sp³-hybridized carbons (Fsp3) is 0.421. The van der Waals surface area contributed by atoms with E-state index in [9.17, 15) is 9.59 Å². The molecular weight excluding hydrogens is 364 g/mol. The molecule has 0 bridgehead atoms. The van der Waals surface area contributed by atoms with Gasteiger partial charge in [-0.1, -0.05) is 5.16 Å². The highest BCUT2D eigenvalue weighted by molar-refractivity contribution is 5.95. The van der Waals surface area contributed by atoms with Crippen molar-refractivity contribution in [3.63, 3.8) is 0 Å². The monoisotopic (exact) mass is 388 g/mol. The van der Waals surface area contributed by atoms with Crippen LogP contribution in [0.2, 0.25) is 0 Å². The molecule has 1 atom stereocenters. The molecule has 0 spiro atoms. The van der Waals surface area contributed by atoms with Crippen molar-refractivity contribution in [3.8, 4) is 0 Å². The van der Waals surface area contributed by atoms with Crippen molar-refractivity contribution in [2.24, 2.45) is 0 Å². The summed E-state index contributed by atoms with van der Waals surface area (Å²) in [4.78, 5) is 26.9. The lowest BCUT2D eigenvalue weighted by Crippen LogP contribution is -2.48. The molecule has 9 heteroatoms. The Bertz CT molecular complexity index is 865. The first-order valence-electron chi connectivity index (χ1n) is 9.02. The van der Waals surface area contributed by atoms with Crippen molar-refractivity contribution >= 4 is 12.0 Å². The van der Waals surface area contributed by atoms with Gasteiger partial charge >= 0.3 is 12.0 Å². The molecule has 2 aromatic rings. The van der Waals surface area contributed by atoms with Crippen LogP contribution < -0.4 is 10.6 Å². The number of urea groups is 1. The summed E-state index contributed by atoms with van der Waals surface area (Å²) < 4.78 is 15.9. The van der Waals surface area contributed by atoms with Crippen LogP contribution in [0.1, 0.15) is 35.7 Å². The second-order valence-electron chi connectivity index (χ2n) is 6.63. The van der Waals surface area contributed by atoms with Gasteiger partial charge in [0.15, 0.2) is 0 Å². The Morgan fingerprint density at radius 2 is 2.14 bits per heavy atom. The van der Waals surface area contributed by atoms with E-state index in [0.29, 0.717) is 30.1 Å². The van der Waals surface area contributed by atoms with Crippen molar-refractivity contribution in [2.45, 2.75) is 33.4 Å². The molecular formula is C19H24N4O5. The number of nitrogens with zero attached hydrogens (tertiary/aromatic N) is 2. The largest absolute Gasteiger partial charge is 0.467 e. The Kier molecular flexibility index (Phi) is 5.84. The minimum Gasteiger partial charge on any atom is -0.467 e. The zero-order valence-corrected chi connectivity index (χ0v) is 16.4. The quantitative estimate of drug-likeness (QED) is 0.700. The van der Waals surface area contributed by atoms with E-state index in [-0.39, 0.29) is 6.61 Å². The minimum absolute atomic E-state index is 0.226. The highest BCUT2D eigenvalue weighted by atomic mass is 16.5. The lowest BCUT2D eigenvalue weighted by Gasteiger charge is -2.30. The molecule has 0 radical (unpaired) electrons. The Morgan fingerprint density at radius 1 is 1.36 bits per heavy atom. The van der Waals surface area contributed by atoms with Crippen LogP contribution in [0.25, 0.3) is 0 Å². The number of likely N-dealkylation sites (N-methyl/N-ethyl adjacent to an activating group) is 1. The molecule has 2 N–H and O–H groups in total. The SMILES string of the molecule is CCOC(=O)C1=C(CN(C)Cc2c(C)noc2C)NC(=O)NC1c1ccco1. The maximum atomic E-state index is 12.7. The highest BCUT2D eigenvalue weighted by Gasteiger charge is 2.35. The van der Waals surface area contributed by atoms with Crippen LogP contribution in [0.4, 0.5) is 4.79 Å². The third-order valence-electron chi connectivity index (χ3n) is 4.51. The van der Waals surface area contributed by atoms with Gasteiger partial charge in [-0.2, -0.15) is 0 Å². The zero-order valence-electron chi connectivity index (χ0n) is 16.4. The van der Waals surface area contributed by atoms with Crippen LogP contribution in [0, 0.1) is 13.8 Å². The van der Waals surface area contributed by atoms with Gasteiger partial charge in [-0.3, -0.25) is 4.90 Å². The fourth-order valence-electron chi connectivity index (χ4n) is 3.18. The number of ether oxygens (including phenoxy) is 1. The average Bonchev–Trinajstić information content (AvgIpc) is 3.27. The van der Waals surface area contributed by atoms with Gasteiger partial charge in [0, 0.05) is 24.4 Å². The number of aryl methyl sites for hydroxylation is 2. The number of aromatic nitrogens is 1. The maximum absolute atomic E-state index is 12.7. The van der Waals surface area contributed by atoms with E-state index >= 15 is 0 Å². The van der Waals surface area contributed by atoms with Gasteiger partial charge in [0.05, 0.1) is 24.1 Å². The number of amides is 2. The first kappa shape index (κ1) is 19.7. The van der Waals surface area contributed by atoms with E-state index in [4.69, 9.17) is 13.7 Å². The molecule has 2 amide bonds. The van der Waals surface area contributed by atoms with Gasteiger partial charge in [0.1, 0.15) is 17.6 Å². The Hall–Kier alpha value is -3.07. The van der Waals surface area contributed by atoms with Gasteiger partial charge in [-0.25, -0.2) is 9.59 Å². The summed E-state index contributed by atoms with van der Waals surface area (Å²) >= 11 is 0. The van der Waals surface area contributed by atoms with Gasteiger partial charge < -0.3 is 24.3 Å². The third-order valence-corrected chi connectivity index (χ3v) is 4.51. The zero-order chi connectivity index (χ0) is 20.3. The van der Waals surface area contributed by atoms with Crippen LogP contribution in [0.15, 0.2) is 38.6 Å². The molecule has 150 valence electrons. The molecule has 3 rings (SSSR count). The van der Waals surface area contributed by atoms with E-state index in [1.807, 2.05) is 25.8 Å². The van der Waals surface area contributed by atoms with Crippen LogP contribution in [-0.2, 0) is 16.1 Å². The van der Waals surface area contributed by atoms with Gasteiger partial charge in [-0.05, 0) is 40.0 Å². The molecule has 0 aliphatic carbocycles. The molecule has 2 aromatic heterocycles. The molecule has 1 aliphatic rings. The summed E-state index contributed by atoms with van der Waals surface area (Å²) in [7, 11) is 1.89. The normalized spacial score (nSPS) is 16.9. The van der Waals surface area contributed by atoms with Gasteiger partial charge in [0.2, 0.25) is 0 Å². The second-order valence-corrected chi connectivity index (χ2v) is 6.63. The van der Waals surface area contributed by atoms with Crippen molar-refractivity contribution < 1.29 is 23.3 Å².